The SMILES string of the molecule is CC(=O)Nc1ccc(S(=O)(=O)N2CCCC(C(=O)NC3CCCCC3)C2)cc1. The van der Waals surface area contributed by atoms with E-state index in [1.807, 2.05) is 0 Å². The minimum absolute atomic E-state index is 0.0205. The van der Waals surface area contributed by atoms with Gasteiger partial charge in [0, 0.05) is 31.7 Å². The zero-order valence-corrected chi connectivity index (χ0v) is 17.1. The normalized spacial score (nSPS) is 21.8. The molecule has 2 N–H and O–H groups in total. The minimum Gasteiger partial charge on any atom is -0.353 e. The maximum Gasteiger partial charge on any atom is 0.243 e. The summed E-state index contributed by atoms with van der Waals surface area (Å²) in [6, 6.07) is 6.37. The van der Waals surface area contributed by atoms with Crippen molar-refractivity contribution >= 4 is 27.5 Å². The fourth-order valence-corrected chi connectivity index (χ4v) is 5.53. The average molecular weight is 408 g/mol. The Hall–Kier alpha value is -1.93. The molecule has 1 aromatic carbocycles. The summed E-state index contributed by atoms with van der Waals surface area (Å²) in [5, 5.41) is 5.75. The fourth-order valence-electron chi connectivity index (χ4n) is 4.00. The second-order valence-corrected chi connectivity index (χ2v) is 9.69. The van der Waals surface area contributed by atoms with Crippen LogP contribution >= 0.6 is 0 Å². The summed E-state index contributed by atoms with van der Waals surface area (Å²) in [6.07, 6.45) is 6.93. The van der Waals surface area contributed by atoms with Crippen LogP contribution in [0.5, 0.6) is 0 Å². The molecule has 0 bridgehead atoms. The Morgan fingerprint density at radius 3 is 2.32 bits per heavy atom. The lowest BCUT2D eigenvalue weighted by Crippen LogP contribution is -2.47. The lowest BCUT2D eigenvalue weighted by atomic mass is 9.93. The molecule has 3 rings (SSSR count). The Kier molecular flexibility index (Phi) is 6.72. The number of carbonyl (C=O) groups is 2. The molecular weight excluding hydrogens is 378 g/mol. The maximum atomic E-state index is 13.0. The maximum absolute atomic E-state index is 13.0. The number of anilines is 1. The number of amides is 2. The molecule has 2 aliphatic rings. The van der Waals surface area contributed by atoms with Gasteiger partial charge in [-0.25, -0.2) is 8.42 Å². The highest BCUT2D eigenvalue weighted by Gasteiger charge is 2.34. The van der Waals surface area contributed by atoms with Crippen LogP contribution in [0.15, 0.2) is 29.2 Å². The van der Waals surface area contributed by atoms with Crippen molar-refractivity contribution in [3.8, 4) is 0 Å². The van der Waals surface area contributed by atoms with Crippen LogP contribution in [0.3, 0.4) is 0 Å². The molecule has 1 saturated heterocycles. The zero-order valence-electron chi connectivity index (χ0n) is 16.3. The summed E-state index contributed by atoms with van der Waals surface area (Å²) in [5.41, 5.74) is 0.551. The van der Waals surface area contributed by atoms with E-state index in [0.29, 0.717) is 25.1 Å². The number of rotatable bonds is 5. The quantitative estimate of drug-likeness (QED) is 0.784. The number of nitrogens with zero attached hydrogens (tertiary/aromatic N) is 1. The van der Waals surface area contributed by atoms with E-state index in [1.165, 1.54) is 29.8 Å². The van der Waals surface area contributed by atoms with Crippen LogP contribution in [0, 0.1) is 5.92 Å². The van der Waals surface area contributed by atoms with Crippen LogP contribution in [-0.4, -0.2) is 43.7 Å². The number of hydrogen-bond acceptors (Lipinski definition) is 4. The minimum atomic E-state index is -3.67. The van der Waals surface area contributed by atoms with Gasteiger partial charge in [-0.2, -0.15) is 4.31 Å². The second-order valence-electron chi connectivity index (χ2n) is 7.75. The van der Waals surface area contributed by atoms with Crippen molar-refractivity contribution in [1.29, 1.82) is 0 Å². The lowest BCUT2D eigenvalue weighted by molar-refractivity contribution is -0.127. The van der Waals surface area contributed by atoms with E-state index in [9.17, 15) is 18.0 Å². The van der Waals surface area contributed by atoms with Gasteiger partial charge in [-0.15, -0.1) is 0 Å². The molecule has 1 aromatic rings. The number of carbonyl (C=O) groups excluding carboxylic acids is 2. The molecule has 0 spiro atoms. The smallest absolute Gasteiger partial charge is 0.243 e. The predicted octanol–water partition coefficient (Wildman–Crippen LogP) is 2.49. The summed E-state index contributed by atoms with van der Waals surface area (Å²) in [5.74, 6) is -0.532. The summed E-state index contributed by atoms with van der Waals surface area (Å²) >= 11 is 0. The standard InChI is InChI=1S/C20H29N3O4S/c1-15(24)21-18-9-11-19(12-10-18)28(26,27)23-13-5-6-16(14-23)20(25)22-17-7-3-2-4-8-17/h9-12,16-17H,2-8,13-14H2,1H3,(H,21,24)(H,22,25). The summed E-state index contributed by atoms with van der Waals surface area (Å²) in [6.45, 7) is 2.04. The first-order chi connectivity index (χ1) is 13.4. The van der Waals surface area contributed by atoms with Crippen LogP contribution in [0.2, 0.25) is 0 Å². The molecule has 7 nitrogen and oxygen atoms in total. The van der Waals surface area contributed by atoms with Gasteiger partial charge in [0.2, 0.25) is 21.8 Å². The molecule has 2 fully saturated rings. The third-order valence-corrected chi connectivity index (χ3v) is 7.40. The van der Waals surface area contributed by atoms with Crippen molar-refractivity contribution in [1.82, 2.24) is 9.62 Å². The number of benzene rings is 1. The Morgan fingerprint density at radius 1 is 1.00 bits per heavy atom. The molecule has 1 unspecified atom stereocenters. The van der Waals surface area contributed by atoms with Gasteiger partial charge in [0.15, 0.2) is 0 Å². The van der Waals surface area contributed by atoms with Gasteiger partial charge in [-0.05, 0) is 49.9 Å². The topological polar surface area (TPSA) is 95.6 Å². The molecule has 1 saturated carbocycles. The molecule has 8 heteroatoms. The number of piperidine rings is 1. The van der Waals surface area contributed by atoms with E-state index in [2.05, 4.69) is 10.6 Å². The van der Waals surface area contributed by atoms with Crippen molar-refractivity contribution in [3.63, 3.8) is 0 Å². The summed E-state index contributed by atoms with van der Waals surface area (Å²) in [7, 11) is -3.67. The highest BCUT2D eigenvalue weighted by atomic mass is 32.2. The van der Waals surface area contributed by atoms with E-state index < -0.39 is 10.0 Å². The first-order valence-corrected chi connectivity index (χ1v) is 11.5. The second kappa shape index (κ2) is 9.05. The Bertz CT molecular complexity index is 801. The molecule has 0 aromatic heterocycles. The van der Waals surface area contributed by atoms with Gasteiger partial charge < -0.3 is 10.6 Å². The third-order valence-electron chi connectivity index (χ3n) is 5.52. The first-order valence-electron chi connectivity index (χ1n) is 10.0. The van der Waals surface area contributed by atoms with Gasteiger partial charge >= 0.3 is 0 Å². The van der Waals surface area contributed by atoms with Crippen LogP contribution < -0.4 is 10.6 Å². The molecule has 1 aliphatic heterocycles. The third kappa shape index (κ3) is 5.11. The number of hydrogen-bond donors (Lipinski definition) is 2. The van der Waals surface area contributed by atoms with Gasteiger partial charge in [0.1, 0.15) is 0 Å². The molecular formula is C20H29N3O4S. The Labute approximate surface area is 166 Å². The van der Waals surface area contributed by atoms with E-state index in [4.69, 9.17) is 0 Å². The van der Waals surface area contributed by atoms with Crippen LogP contribution in [0.1, 0.15) is 51.9 Å². The van der Waals surface area contributed by atoms with Crippen molar-refractivity contribution in [3.05, 3.63) is 24.3 Å². The molecule has 1 heterocycles. The van der Waals surface area contributed by atoms with Crippen LogP contribution in [0.4, 0.5) is 5.69 Å². The van der Waals surface area contributed by atoms with E-state index in [0.717, 1.165) is 25.7 Å². The first kappa shape index (κ1) is 20.8. The molecule has 1 aliphatic carbocycles. The number of nitrogens with one attached hydrogen (secondary N) is 2. The Morgan fingerprint density at radius 2 is 1.68 bits per heavy atom. The van der Waals surface area contributed by atoms with E-state index in [1.54, 1.807) is 12.1 Å². The van der Waals surface area contributed by atoms with Crippen LogP contribution in [0.25, 0.3) is 0 Å². The molecule has 1 atom stereocenters. The van der Waals surface area contributed by atoms with Crippen LogP contribution in [-0.2, 0) is 19.6 Å². The molecule has 28 heavy (non-hydrogen) atoms. The highest BCUT2D eigenvalue weighted by Crippen LogP contribution is 2.26. The largest absolute Gasteiger partial charge is 0.353 e. The summed E-state index contributed by atoms with van der Waals surface area (Å²) in [4.78, 5) is 23.9. The lowest BCUT2D eigenvalue weighted by Gasteiger charge is -2.32. The van der Waals surface area contributed by atoms with Crippen molar-refractivity contribution in [2.75, 3.05) is 18.4 Å². The Balaban J connectivity index is 1.64. The molecule has 2 amide bonds. The highest BCUT2D eigenvalue weighted by molar-refractivity contribution is 7.89. The average Bonchev–Trinajstić information content (AvgIpc) is 2.69. The molecule has 154 valence electrons. The van der Waals surface area contributed by atoms with E-state index in [-0.39, 0.29) is 35.2 Å². The molecule has 0 radical (unpaired) electrons. The van der Waals surface area contributed by atoms with Gasteiger partial charge in [0.05, 0.1) is 10.8 Å². The van der Waals surface area contributed by atoms with Gasteiger partial charge in [0.25, 0.3) is 0 Å². The monoisotopic (exact) mass is 407 g/mol. The van der Waals surface area contributed by atoms with E-state index >= 15 is 0 Å². The van der Waals surface area contributed by atoms with Crippen molar-refractivity contribution < 1.29 is 18.0 Å². The van der Waals surface area contributed by atoms with Gasteiger partial charge in [-0.3, -0.25) is 9.59 Å². The number of sulfonamides is 1. The fraction of sp³-hybridized carbons (Fsp3) is 0.600. The van der Waals surface area contributed by atoms with Gasteiger partial charge in [-0.1, -0.05) is 19.3 Å². The van der Waals surface area contributed by atoms with Crippen molar-refractivity contribution in [2.24, 2.45) is 5.92 Å². The summed E-state index contributed by atoms with van der Waals surface area (Å²) < 4.78 is 27.4. The van der Waals surface area contributed by atoms with Crippen molar-refractivity contribution in [2.45, 2.75) is 62.8 Å². The predicted molar refractivity (Wildman–Crippen MR) is 107 cm³/mol. The zero-order chi connectivity index (χ0) is 20.1.